The minimum absolute atomic E-state index is 0.769. The Kier molecular flexibility index (Phi) is 18.0. The molecule has 0 unspecified atom stereocenters. The topological polar surface area (TPSA) is 21.6 Å². The van der Waals surface area contributed by atoms with Gasteiger partial charge in [0.1, 0.15) is 0 Å². The van der Waals surface area contributed by atoms with Gasteiger partial charge in [-0.05, 0) is 58.7 Å². The fourth-order valence-corrected chi connectivity index (χ4v) is 2.57. The Morgan fingerprint density at radius 1 is 0.917 bits per heavy atom. The second-order valence-corrected chi connectivity index (χ2v) is 6.93. The van der Waals surface area contributed by atoms with Crippen LogP contribution in [0.4, 0.5) is 0 Å². The quantitative estimate of drug-likeness (QED) is 0.130. The smallest absolute Gasteiger partial charge is 0.0649 e. The molecule has 0 aromatic heterocycles. The molecule has 2 nitrogen and oxygen atoms in total. The van der Waals surface area contributed by atoms with Gasteiger partial charge < -0.3 is 4.74 Å². The lowest BCUT2D eigenvalue weighted by atomic mass is 10.1. The van der Waals surface area contributed by atoms with E-state index < -0.39 is 0 Å². The van der Waals surface area contributed by atoms with Gasteiger partial charge in [0.05, 0.1) is 11.8 Å². The fraction of sp³-hybridized carbons (Fsp3) is 0.762. The minimum atomic E-state index is 0.769. The number of thiocarbonyl (C=S) groups is 1. The first-order valence-electron chi connectivity index (χ1n) is 9.57. The van der Waals surface area contributed by atoms with Crippen molar-refractivity contribution in [3.05, 3.63) is 23.3 Å². The molecule has 0 aromatic rings. The maximum absolute atomic E-state index is 5.70. The van der Waals surface area contributed by atoms with E-state index in [1.807, 2.05) is 0 Å². The molecule has 0 spiro atoms. The van der Waals surface area contributed by atoms with Crippen LogP contribution in [-0.2, 0) is 4.74 Å². The number of hydrogen-bond acceptors (Lipinski definition) is 3. The van der Waals surface area contributed by atoms with Crippen LogP contribution in [0, 0.1) is 0 Å². The Morgan fingerprint density at radius 2 is 1.54 bits per heavy atom. The number of aliphatic imine (C=N–C) groups is 1. The zero-order valence-corrected chi connectivity index (χ0v) is 16.9. The van der Waals surface area contributed by atoms with E-state index in [1.54, 1.807) is 0 Å². The largest absolute Gasteiger partial charge is 0.377 e. The summed E-state index contributed by atoms with van der Waals surface area (Å²) in [5, 5.41) is 2.42. The zero-order valence-electron chi connectivity index (χ0n) is 16.1. The average Bonchev–Trinajstić information content (AvgIpc) is 2.55. The molecule has 0 rings (SSSR count). The van der Waals surface area contributed by atoms with Crippen molar-refractivity contribution in [3.63, 3.8) is 0 Å². The van der Waals surface area contributed by atoms with Gasteiger partial charge in [-0.15, -0.1) is 0 Å². The number of hydrogen-bond donors (Lipinski definition) is 0. The van der Waals surface area contributed by atoms with E-state index in [1.165, 1.54) is 56.1 Å². The highest BCUT2D eigenvalue weighted by molar-refractivity contribution is 7.78. The zero-order chi connectivity index (χ0) is 17.9. The monoisotopic (exact) mass is 351 g/mol. The van der Waals surface area contributed by atoms with Crippen LogP contribution in [0.5, 0.6) is 0 Å². The van der Waals surface area contributed by atoms with Gasteiger partial charge in [-0.3, -0.25) is 0 Å². The van der Waals surface area contributed by atoms with Crippen LogP contribution in [0.15, 0.2) is 28.3 Å². The summed E-state index contributed by atoms with van der Waals surface area (Å²) in [6.07, 6.45) is 17.1. The molecule has 0 amide bonds. The van der Waals surface area contributed by atoms with Gasteiger partial charge in [0, 0.05) is 13.2 Å². The molecular weight excluding hydrogens is 314 g/mol. The maximum atomic E-state index is 5.70. The van der Waals surface area contributed by atoms with Crippen LogP contribution in [0.25, 0.3) is 0 Å². The number of isothiocyanates is 1. The molecule has 0 saturated carbocycles. The van der Waals surface area contributed by atoms with E-state index in [2.05, 4.69) is 55.3 Å². The third-order valence-corrected chi connectivity index (χ3v) is 4.14. The van der Waals surface area contributed by atoms with Gasteiger partial charge in [0.25, 0.3) is 0 Å². The normalized spacial score (nSPS) is 11.2. The van der Waals surface area contributed by atoms with Crippen molar-refractivity contribution in [2.45, 2.75) is 85.0 Å². The standard InChI is InChI=1S/C21H37NOS/c1-20(2)13-12-14-21(3)15-18-23-17-11-9-7-5-4-6-8-10-16-22-19-24/h13,15H,4-12,14,16-18H2,1-3H3. The van der Waals surface area contributed by atoms with Gasteiger partial charge >= 0.3 is 0 Å². The summed E-state index contributed by atoms with van der Waals surface area (Å²) in [7, 11) is 0. The van der Waals surface area contributed by atoms with Crippen molar-refractivity contribution in [3.8, 4) is 0 Å². The Morgan fingerprint density at radius 3 is 2.17 bits per heavy atom. The fourth-order valence-electron chi connectivity index (χ4n) is 2.48. The van der Waals surface area contributed by atoms with Gasteiger partial charge in [-0.1, -0.05) is 61.8 Å². The molecule has 138 valence electrons. The Labute approximate surface area is 155 Å². The number of unbranched alkanes of at least 4 members (excludes halogenated alkanes) is 7. The van der Waals surface area contributed by atoms with E-state index in [0.29, 0.717) is 0 Å². The number of nitrogens with zero attached hydrogens (tertiary/aromatic N) is 1. The molecule has 0 saturated heterocycles. The highest BCUT2D eigenvalue weighted by Gasteiger charge is 1.93. The van der Waals surface area contributed by atoms with Gasteiger partial charge in [0.2, 0.25) is 0 Å². The molecule has 0 aromatic carbocycles. The molecule has 3 heteroatoms. The SMILES string of the molecule is CC(C)=CCCC(C)=CCOCCCCCCCCCCN=C=S. The average molecular weight is 352 g/mol. The molecule has 24 heavy (non-hydrogen) atoms. The molecule has 0 heterocycles. The Hall–Kier alpha value is -0.760. The summed E-state index contributed by atoms with van der Waals surface area (Å²) < 4.78 is 5.70. The molecule has 0 atom stereocenters. The third kappa shape index (κ3) is 19.3. The lowest BCUT2D eigenvalue weighted by Gasteiger charge is -2.04. The van der Waals surface area contributed by atoms with Gasteiger partial charge in [-0.25, -0.2) is 4.99 Å². The first kappa shape index (κ1) is 23.2. The summed E-state index contributed by atoms with van der Waals surface area (Å²) in [5.74, 6) is 0. The van der Waals surface area contributed by atoms with Gasteiger partial charge in [0.15, 0.2) is 0 Å². The van der Waals surface area contributed by atoms with E-state index in [9.17, 15) is 0 Å². The lowest BCUT2D eigenvalue weighted by molar-refractivity contribution is 0.156. The van der Waals surface area contributed by atoms with Gasteiger partial charge in [-0.2, -0.15) is 0 Å². The molecule has 0 aliphatic heterocycles. The highest BCUT2D eigenvalue weighted by atomic mass is 32.1. The molecule has 0 fully saturated rings. The van der Waals surface area contributed by atoms with Crippen molar-refractivity contribution in [1.29, 1.82) is 0 Å². The van der Waals surface area contributed by atoms with Crippen molar-refractivity contribution < 1.29 is 4.74 Å². The molecule has 0 bridgehead atoms. The van der Waals surface area contributed by atoms with Crippen molar-refractivity contribution >= 4 is 17.4 Å². The van der Waals surface area contributed by atoms with Crippen LogP contribution in [0.2, 0.25) is 0 Å². The third-order valence-electron chi connectivity index (χ3n) is 4.01. The first-order chi connectivity index (χ1) is 11.7. The summed E-state index contributed by atoms with van der Waals surface area (Å²) >= 11 is 4.54. The summed E-state index contributed by atoms with van der Waals surface area (Å²) in [6, 6.07) is 0. The van der Waals surface area contributed by atoms with Crippen LogP contribution in [0.3, 0.4) is 0 Å². The molecule has 0 aliphatic carbocycles. The maximum Gasteiger partial charge on any atom is 0.0649 e. The van der Waals surface area contributed by atoms with Crippen LogP contribution < -0.4 is 0 Å². The predicted molar refractivity (Wildman–Crippen MR) is 110 cm³/mol. The van der Waals surface area contributed by atoms with E-state index >= 15 is 0 Å². The second-order valence-electron chi connectivity index (χ2n) is 6.75. The van der Waals surface area contributed by atoms with Crippen LogP contribution in [-0.4, -0.2) is 24.9 Å². The van der Waals surface area contributed by atoms with Crippen molar-refractivity contribution in [2.75, 3.05) is 19.8 Å². The van der Waals surface area contributed by atoms with Crippen molar-refractivity contribution in [1.82, 2.24) is 0 Å². The Balaban J connectivity index is 3.27. The number of allylic oxidation sites excluding steroid dienone is 3. The van der Waals surface area contributed by atoms with Crippen LogP contribution in [0.1, 0.15) is 85.0 Å². The summed E-state index contributed by atoms with van der Waals surface area (Å²) in [4.78, 5) is 3.93. The Bertz CT molecular complexity index is 391. The first-order valence-corrected chi connectivity index (χ1v) is 9.98. The van der Waals surface area contributed by atoms with E-state index in [0.717, 1.165) is 39.0 Å². The molecule has 0 radical (unpaired) electrons. The highest BCUT2D eigenvalue weighted by Crippen LogP contribution is 2.09. The van der Waals surface area contributed by atoms with E-state index in [-0.39, 0.29) is 0 Å². The molecule has 0 N–H and O–H groups in total. The summed E-state index contributed by atoms with van der Waals surface area (Å²) in [6.45, 7) is 9.02. The predicted octanol–water partition coefficient (Wildman–Crippen LogP) is 6.92. The lowest BCUT2D eigenvalue weighted by Crippen LogP contribution is -1.95. The van der Waals surface area contributed by atoms with Crippen LogP contribution >= 0.6 is 12.2 Å². The minimum Gasteiger partial charge on any atom is -0.377 e. The second kappa shape index (κ2) is 18.6. The van der Waals surface area contributed by atoms with E-state index in [4.69, 9.17) is 4.74 Å². The summed E-state index contributed by atoms with van der Waals surface area (Å²) in [5.41, 5.74) is 2.84. The van der Waals surface area contributed by atoms with Crippen molar-refractivity contribution in [2.24, 2.45) is 4.99 Å². The number of ether oxygens (including phenoxy) is 1. The molecular formula is C21H37NOS. The molecule has 0 aliphatic rings. The number of rotatable bonds is 16.